The third-order valence-electron chi connectivity index (χ3n) is 3.76. The topological polar surface area (TPSA) is 53.0 Å². The van der Waals surface area contributed by atoms with Crippen molar-refractivity contribution >= 4 is 5.69 Å². The van der Waals surface area contributed by atoms with Gasteiger partial charge in [-0.1, -0.05) is 6.92 Å². The number of nitrogens with zero attached hydrogens (tertiary/aromatic N) is 2. The summed E-state index contributed by atoms with van der Waals surface area (Å²) in [6, 6.07) is 5.28. The zero-order valence-corrected chi connectivity index (χ0v) is 11.1. The lowest BCUT2D eigenvalue weighted by molar-refractivity contribution is -0.137. The lowest BCUT2D eigenvalue weighted by Crippen LogP contribution is -2.46. The monoisotopic (exact) mass is 283 g/mol. The molecule has 1 aromatic rings. The SMILES string of the molecule is CC1CN(c2ccc(C(F)(F)F)cc2C#N)CCC1N. The smallest absolute Gasteiger partial charge is 0.370 e. The van der Waals surface area contributed by atoms with Gasteiger partial charge in [-0.05, 0) is 30.5 Å². The Balaban J connectivity index is 2.31. The molecular weight excluding hydrogens is 267 g/mol. The molecule has 1 aliphatic rings. The van der Waals surface area contributed by atoms with E-state index in [0.29, 0.717) is 18.8 Å². The minimum absolute atomic E-state index is 0.0579. The van der Waals surface area contributed by atoms with E-state index in [1.54, 1.807) is 0 Å². The van der Waals surface area contributed by atoms with Crippen LogP contribution in [0.5, 0.6) is 0 Å². The van der Waals surface area contributed by atoms with Crippen LogP contribution < -0.4 is 10.6 Å². The van der Waals surface area contributed by atoms with Gasteiger partial charge in [-0.15, -0.1) is 0 Å². The van der Waals surface area contributed by atoms with Crippen LogP contribution in [0.2, 0.25) is 0 Å². The lowest BCUT2D eigenvalue weighted by atomic mass is 9.93. The van der Waals surface area contributed by atoms with Crippen molar-refractivity contribution in [2.24, 2.45) is 11.7 Å². The number of hydrogen-bond donors (Lipinski definition) is 1. The first-order valence-corrected chi connectivity index (χ1v) is 6.45. The van der Waals surface area contributed by atoms with Crippen LogP contribution in [0.3, 0.4) is 0 Å². The highest BCUT2D eigenvalue weighted by Gasteiger charge is 2.32. The molecule has 1 heterocycles. The summed E-state index contributed by atoms with van der Waals surface area (Å²) in [5.41, 5.74) is 5.75. The van der Waals surface area contributed by atoms with Crippen LogP contribution >= 0.6 is 0 Å². The molecule has 1 fully saturated rings. The van der Waals surface area contributed by atoms with Crippen molar-refractivity contribution in [2.45, 2.75) is 25.6 Å². The maximum absolute atomic E-state index is 12.7. The molecule has 0 bridgehead atoms. The van der Waals surface area contributed by atoms with E-state index in [-0.39, 0.29) is 17.5 Å². The molecule has 1 saturated heterocycles. The molecule has 0 aliphatic carbocycles. The van der Waals surface area contributed by atoms with E-state index in [9.17, 15) is 13.2 Å². The van der Waals surface area contributed by atoms with Gasteiger partial charge in [0.2, 0.25) is 0 Å². The Labute approximate surface area is 115 Å². The van der Waals surface area contributed by atoms with Gasteiger partial charge in [0.1, 0.15) is 6.07 Å². The molecule has 108 valence electrons. The summed E-state index contributed by atoms with van der Waals surface area (Å²) in [5.74, 6) is 0.248. The second kappa shape index (κ2) is 5.33. The van der Waals surface area contributed by atoms with E-state index in [0.717, 1.165) is 18.6 Å². The van der Waals surface area contributed by atoms with E-state index in [1.807, 2.05) is 17.9 Å². The van der Waals surface area contributed by atoms with Crippen LogP contribution in [-0.4, -0.2) is 19.1 Å². The summed E-state index contributed by atoms with van der Waals surface area (Å²) in [6.07, 6.45) is -3.66. The molecular formula is C14H16F3N3. The van der Waals surface area contributed by atoms with Gasteiger partial charge in [0, 0.05) is 19.1 Å². The Morgan fingerprint density at radius 3 is 2.65 bits per heavy atom. The lowest BCUT2D eigenvalue weighted by Gasteiger charge is -2.37. The van der Waals surface area contributed by atoms with Crippen LogP contribution in [0.1, 0.15) is 24.5 Å². The summed E-state index contributed by atoms with van der Waals surface area (Å²) < 4.78 is 38.0. The predicted molar refractivity (Wildman–Crippen MR) is 70.1 cm³/mol. The molecule has 3 nitrogen and oxygen atoms in total. The quantitative estimate of drug-likeness (QED) is 0.862. The number of anilines is 1. The number of benzene rings is 1. The number of nitriles is 1. The molecule has 6 heteroatoms. The Hall–Kier alpha value is -1.74. The van der Waals surface area contributed by atoms with Gasteiger partial charge < -0.3 is 10.6 Å². The molecule has 2 rings (SSSR count). The summed E-state index contributed by atoms with van der Waals surface area (Å²) >= 11 is 0. The summed E-state index contributed by atoms with van der Waals surface area (Å²) in [4.78, 5) is 1.94. The fourth-order valence-corrected chi connectivity index (χ4v) is 2.46. The van der Waals surface area contributed by atoms with Crippen molar-refractivity contribution in [2.75, 3.05) is 18.0 Å². The fourth-order valence-electron chi connectivity index (χ4n) is 2.46. The molecule has 2 unspecified atom stereocenters. The van der Waals surface area contributed by atoms with Crippen LogP contribution in [0.15, 0.2) is 18.2 Å². The van der Waals surface area contributed by atoms with Gasteiger partial charge in [-0.3, -0.25) is 0 Å². The van der Waals surface area contributed by atoms with E-state index in [2.05, 4.69) is 0 Å². The minimum atomic E-state index is -4.43. The highest BCUT2D eigenvalue weighted by atomic mass is 19.4. The van der Waals surface area contributed by atoms with Crippen LogP contribution in [-0.2, 0) is 6.18 Å². The zero-order chi connectivity index (χ0) is 14.9. The Kier molecular flexibility index (Phi) is 3.91. The average Bonchev–Trinajstić information content (AvgIpc) is 2.40. The molecule has 1 aliphatic heterocycles. The number of piperidine rings is 1. The maximum Gasteiger partial charge on any atom is 0.416 e. The van der Waals surface area contributed by atoms with E-state index in [4.69, 9.17) is 11.0 Å². The van der Waals surface area contributed by atoms with Gasteiger partial charge in [0.15, 0.2) is 0 Å². The highest BCUT2D eigenvalue weighted by Crippen LogP contribution is 2.33. The zero-order valence-electron chi connectivity index (χ0n) is 11.1. The van der Waals surface area contributed by atoms with Crippen LogP contribution in [0.4, 0.5) is 18.9 Å². The Morgan fingerprint density at radius 1 is 1.40 bits per heavy atom. The molecule has 0 radical (unpaired) electrons. The van der Waals surface area contributed by atoms with Gasteiger partial charge in [0.25, 0.3) is 0 Å². The molecule has 0 aromatic heterocycles. The van der Waals surface area contributed by atoms with Crippen molar-refractivity contribution in [3.8, 4) is 6.07 Å². The molecule has 2 N–H and O–H groups in total. The highest BCUT2D eigenvalue weighted by molar-refractivity contribution is 5.61. The second-order valence-electron chi connectivity index (χ2n) is 5.22. The standard InChI is InChI=1S/C14H16F3N3/c1-9-8-20(5-4-12(9)19)13-3-2-11(14(15,16)17)6-10(13)7-18/h2-3,6,9,12H,4-5,8,19H2,1H3. The van der Waals surface area contributed by atoms with Crippen LogP contribution in [0, 0.1) is 17.2 Å². The van der Waals surface area contributed by atoms with Crippen molar-refractivity contribution in [1.82, 2.24) is 0 Å². The first kappa shape index (κ1) is 14.7. The molecule has 0 spiro atoms. The fraction of sp³-hybridized carbons (Fsp3) is 0.500. The number of nitrogens with two attached hydrogens (primary N) is 1. The average molecular weight is 283 g/mol. The van der Waals surface area contributed by atoms with Gasteiger partial charge in [0.05, 0.1) is 16.8 Å². The summed E-state index contributed by atoms with van der Waals surface area (Å²) in [5, 5.41) is 9.09. The van der Waals surface area contributed by atoms with Gasteiger partial charge in [-0.25, -0.2) is 0 Å². The maximum atomic E-state index is 12.7. The van der Waals surface area contributed by atoms with E-state index in [1.165, 1.54) is 6.07 Å². The molecule has 0 amide bonds. The first-order valence-electron chi connectivity index (χ1n) is 6.45. The largest absolute Gasteiger partial charge is 0.416 e. The summed E-state index contributed by atoms with van der Waals surface area (Å²) in [6.45, 7) is 3.32. The normalized spacial score (nSPS) is 23.5. The predicted octanol–water partition coefficient (Wildman–Crippen LogP) is 2.75. The molecule has 20 heavy (non-hydrogen) atoms. The number of hydrogen-bond acceptors (Lipinski definition) is 3. The second-order valence-corrected chi connectivity index (χ2v) is 5.22. The van der Waals surface area contributed by atoms with E-state index >= 15 is 0 Å². The Bertz CT molecular complexity index is 533. The number of halogens is 3. The minimum Gasteiger partial charge on any atom is -0.370 e. The first-order chi connectivity index (χ1) is 9.32. The molecule has 2 atom stereocenters. The van der Waals surface area contributed by atoms with Crippen molar-refractivity contribution < 1.29 is 13.2 Å². The number of alkyl halides is 3. The van der Waals surface area contributed by atoms with Crippen molar-refractivity contribution in [3.05, 3.63) is 29.3 Å². The van der Waals surface area contributed by atoms with E-state index < -0.39 is 11.7 Å². The van der Waals surface area contributed by atoms with Crippen molar-refractivity contribution in [1.29, 1.82) is 5.26 Å². The molecule has 1 aromatic carbocycles. The summed E-state index contributed by atoms with van der Waals surface area (Å²) in [7, 11) is 0. The van der Waals surface area contributed by atoms with Gasteiger partial charge in [-0.2, -0.15) is 18.4 Å². The third-order valence-corrected chi connectivity index (χ3v) is 3.76. The van der Waals surface area contributed by atoms with Crippen LogP contribution in [0.25, 0.3) is 0 Å². The van der Waals surface area contributed by atoms with Gasteiger partial charge >= 0.3 is 6.18 Å². The van der Waals surface area contributed by atoms with Crippen molar-refractivity contribution in [3.63, 3.8) is 0 Å². The number of rotatable bonds is 1. The third kappa shape index (κ3) is 2.88. The molecule has 0 saturated carbocycles. The Morgan fingerprint density at radius 2 is 2.10 bits per heavy atom.